The molecule has 1 unspecified atom stereocenters. The van der Waals surface area contributed by atoms with Crippen LogP contribution >= 0.6 is 11.6 Å². The number of halogens is 1. The molecule has 0 aliphatic heterocycles. The maximum atomic E-state index is 13.6. The lowest BCUT2D eigenvalue weighted by atomic mass is 9.94. The van der Waals surface area contributed by atoms with Crippen molar-refractivity contribution in [2.24, 2.45) is 0 Å². The Hall–Kier alpha value is -3.11. The number of fused-ring (bicyclic) bond motifs is 1. The number of oxazole rings is 1. The summed E-state index contributed by atoms with van der Waals surface area (Å²) in [7, 11) is 0. The molecule has 1 amide bonds. The van der Waals surface area contributed by atoms with Crippen LogP contribution < -0.4 is 0 Å². The number of hydrogen-bond acceptors (Lipinski definition) is 3. The second kappa shape index (κ2) is 9.14. The van der Waals surface area contributed by atoms with Gasteiger partial charge in [-0.3, -0.25) is 4.79 Å². The maximum Gasteiger partial charge on any atom is 0.230 e. The molecule has 0 N–H and O–H groups in total. The SMILES string of the molecule is CCC(C(=O)N(Cc1ccccc1)Cc1nc2cc(Cl)ccc2o1)c1ccccc1. The topological polar surface area (TPSA) is 46.3 Å². The normalized spacial score (nSPS) is 12.1. The summed E-state index contributed by atoms with van der Waals surface area (Å²) in [6.45, 7) is 2.82. The zero-order valence-electron chi connectivity index (χ0n) is 16.8. The fourth-order valence-electron chi connectivity index (χ4n) is 3.65. The summed E-state index contributed by atoms with van der Waals surface area (Å²) in [5.74, 6) is 0.348. The van der Waals surface area contributed by atoms with Gasteiger partial charge in [-0.05, 0) is 35.7 Å². The molecule has 0 radical (unpaired) electrons. The van der Waals surface area contributed by atoms with Crippen LogP contribution in [0.2, 0.25) is 5.02 Å². The van der Waals surface area contributed by atoms with Crippen molar-refractivity contribution in [3.63, 3.8) is 0 Å². The quantitative estimate of drug-likeness (QED) is 0.358. The first-order valence-electron chi connectivity index (χ1n) is 10.1. The van der Waals surface area contributed by atoms with E-state index in [2.05, 4.69) is 4.98 Å². The highest BCUT2D eigenvalue weighted by Gasteiger charge is 2.26. The number of benzene rings is 3. The van der Waals surface area contributed by atoms with E-state index in [1.54, 1.807) is 18.2 Å². The van der Waals surface area contributed by atoms with Crippen molar-refractivity contribution < 1.29 is 9.21 Å². The minimum absolute atomic E-state index is 0.0628. The third-order valence-electron chi connectivity index (χ3n) is 5.16. The Morgan fingerprint density at radius 2 is 1.70 bits per heavy atom. The summed E-state index contributed by atoms with van der Waals surface area (Å²) in [6.07, 6.45) is 0.720. The van der Waals surface area contributed by atoms with Gasteiger partial charge in [0.1, 0.15) is 5.52 Å². The van der Waals surface area contributed by atoms with Crippen LogP contribution in [-0.2, 0) is 17.9 Å². The van der Waals surface area contributed by atoms with Gasteiger partial charge in [-0.1, -0.05) is 79.2 Å². The first kappa shape index (κ1) is 20.2. The second-order valence-electron chi connectivity index (χ2n) is 7.27. The van der Waals surface area contributed by atoms with E-state index in [9.17, 15) is 4.79 Å². The van der Waals surface area contributed by atoms with Crippen molar-refractivity contribution in [3.8, 4) is 0 Å². The number of hydrogen-bond donors (Lipinski definition) is 0. The minimum Gasteiger partial charge on any atom is -0.439 e. The van der Waals surface area contributed by atoms with E-state index in [-0.39, 0.29) is 11.8 Å². The third kappa shape index (κ3) is 4.55. The van der Waals surface area contributed by atoms with Gasteiger partial charge in [-0.2, -0.15) is 0 Å². The Labute approximate surface area is 181 Å². The Balaban J connectivity index is 1.65. The smallest absolute Gasteiger partial charge is 0.230 e. The zero-order chi connectivity index (χ0) is 20.9. The van der Waals surface area contributed by atoms with Crippen molar-refractivity contribution >= 4 is 28.6 Å². The molecule has 1 heterocycles. The molecule has 1 atom stereocenters. The van der Waals surface area contributed by atoms with Crippen LogP contribution in [0.3, 0.4) is 0 Å². The number of rotatable bonds is 7. The number of amides is 1. The number of nitrogens with zero attached hydrogens (tertiary/aromatic N) is 2. The average Bonchev–Trinajstić information content (AvgIpc) is 3.16. The van der Waals surface area contributed by atoms with E-state index >= 15 is 0 Å². The highest BCUT2D eigenvalue weighted by molar-refractivity contribution is 6.31. The molecular formula is C25H23ClN2O2. The predicted molar refractivity (Wildman–Crippen MR) is 119 cm³/mol. The summed E-state index contributed by atoms with van der Waals surface area (Å²) in [4.78, 5) is 20.0. The largest absolute Gasteiger partial charge is 0.439 e. The van der Waals surface area contributed by atoms with Crippen molar-refractivity contribution in [2.45, 2.75) is 32.4 Å². The summed E-state index contributed by atoms with van der Waals surface area (Å²) < 4.78 is 5.90. The van der Waals surface area contributed by atoms with Crippen molar-refractivity contribution in [1.82, 2.24) is 9.88 Å². The average molecular weight is 419 g/mol. The molecule has 3 aromatic carbocycles. The second-order valence-corrected chi connectivity index (χ2v) is 7.71. The van der Waals surface area contributed by atoms with Gasteiger partial charge in [-0.25, -0.2) is 4.98 Å². The van der Waals surface area contributed by atoms with Crippen LogP contribution in [-0.4, -0.2) is 15.8 Å². The van der Waals surface area contributed by atoms with Gasteiger partial charge in [0.2, 0.25) is 11.8 Å². The fourth-order valence-corrected chi connectivity index (χ4v) is 3.82. The van der Waals surface area contributed by atoms with Crippen LogP contribution in [0.1, 0.15) is 36.3 Å². The molecule has 4 nitrogen and oxygen atoms in total. The van der Waals surface area contributed by atoms with Crippen LogP contribution in [0.4, 0.5) is 0 Å². The first-order valence-corrected chi connectivity index (χ1v) is 10.4. The number of aromatic nitrogens is 1. The number of carbonyl (C=O) groups excluding carboxylic acids is 1. The molecule has 0 aliphatic rings. The van der Waals surface area contributed by atoms with Gasteiger partial charge in [-0.15, -0.1) is 0 Å². The molecule has 152 valence electrons. The Kier molecular flexibility index (Phi) is 6.15. The molecule has 30 heavy (non-hydrogen) atoms. The van der Waals surface area contributed by atoms with Crippen molar-refractivity contribution in [2.75, 3.05) is 0 Å². The van der Waals surface area contributed by atoms with Crippen LogP contribution in [0, 0.1) is 0 Å². The van der Waals surface area contributed by atoms with Gasteiger partial charge in [0.15, 0.2) is 5.58 Å². The minimum atomic E-state index is -0.214. The van der Waals surface area contributed by atoms with Gasteiger partial charge in [0.05, 0.1) is 12.5 Å². The lowest BCUT2D eigenvalue weighted by Gasteiger charge is -2.26. The van der Waals surface area contributed by atoms with Gasteiger partial charge in [0, 0.05) is 11.6 Å². The Bertz CT molecular complexity index is 1130. The van der Waals surface area contributed by atoms with Crippen LogP contribution in [0.15, 0.2) is 83.3 Å². The first-order chi connectivity index (χ1) is 14.6. The molecule has 0 aliphatic carbocycles. The van der Waals surface area contributed by atoms with Gasteiger partial charge >= 0.3 is 0 Å². The zero-order valence-corrected chi connectivity index (χ0v) is 17.5. The van der Waals surface area contributed by atoms with E-state index in [1.165, 1.54) is 0 Å². The molecule has 0 fully saturated rings. The maximum absolute atomic E-state index is 13.6. The predicted octanol–water partition coefficient (Wildman–Crippen LogP) is 6.20. The molecule has 4 rings (SSSR count). The fraction of sp³-hybridized carbons (Fsp3) is 0.200. The van der Waals surface area contributed by atoms with E-state index in [0.717, 1.165) is 17.5 Å². The van der Waals surface area contributed by atoms with Gasteiger partial charge < -0.3 is 9.32 Å². The molecule has 0 saturated heterocycles. The summed E-state index contributed by atoms with van der Waals surface area (Å²) in [6, 6.07) is 25.2. The van der Waals surface area contributed by atoms with E-state index < -0.39 is 0 Å². The van der Waals surface area contributed by atoms with Crippen molar-refractivity contribution in [3.05, 3.63) is 101 Å². The molecule has 1 aromatic heterocycles. The molecule has 0 spiro atoms. The highest BCUT2D eigenvalue weighted by atomic mass is 35.5. The molecule has 4 aromatic rings. The Morgan fingerprint density at radius 1 is 1.00 bits per heavy atom. The number of carbonyl (C=O) groups is 1. The van der Waals surface area contributed by atoms with E-state index in [4.69, 9.17) is 16.0 Å². The monoisotopic (exact) mass is 418 g/mol. The lowest BCUT2D eigenvalue weighted by molar-refractivity contribution is -0.134. The third-order valence-corrected chi connectivity index (χ3v) is 5.39. The highest BCUT2D eigenvalue weighted by Crippen LogP contribution is 2.26. The summed E-state index contributed by atoms with van der Waals surface area (Å²) >= 11 is 6.07. The van der Waals surface area contributed by atoms with Crippen LogP contribution in [0.25, 0.3) is 11.1 Å². The van der Waals surface area contributed by atoms with Crippen molar-refractivity contribution in [1.29, 1.82) is 0 Å². The van der Waals surface area contributed by atoms with Crippen LogP contribution in [0.5, 0.6) is 0 Å². The standard InChI is InChI=1S/C25H23ClN2O2/c1-2-21(19-11-7-4-8-12-19)25(29)28(16-18-9-5-3-6-10-18)17-24-27-22-15-20(26)13-14-23(22)30-24/h3-15,21H,2,16-17H2,1H3. The summed E-state index contributed by atoms with van der Waals surface area (Å²) in [5, 5.41) is 0.606. The van der Waals surface area contributed by atoms with Gasteiger partial charge in [0.25, 0.3) is 0 Å². The molecular weight excluding hydrogens is 396 g/mol. The molecule has 5 heteroatoms. The Morgan fingerprint density at radius 3 is 2.40 bits per heavy atom. The molecule has 0 saturated carbocycles. The molecule has 0 bridgehead atoms. The lowest BCUT2D eigenvalue weighted by Crippen LogP contribution is -2.34. The van der Waals surface area contributed by atoms with E-state index in [0.29, 0.717) is 35.1 Å². The summed E-state index contributed by atoms with van der Waals surface area (Å²) in [5.41, 5.74) is 3.44. The van der Waals surface area contributed by atoms with E-state index in [1.807, 2.05) is 72.5 Å².